The summed E-state index contributed by atoms with van der Waals surface area (Å²) in [6, 6.07) is 1.50. The average Bonchev–Trinajstić information content (AvgIpc) is 2.24. The van der Waals surface area contributed by atoms with Crippen molar-refractivity contribution >= 4 is 0 Å². The standard InChI is InChI=1S/C13H18F3N/c1-8(2)4-3-5-12(17)9-6-10(14)13(16)11(15)7-9/h6-8,12H,3-5,17H2,1-2H3. The van der Waals surface area contributed by atoms with Gasteiger partial charge in [0.15, 0.2) is 17.5 Å². The van der Waals surface area contributed by atoms with Crippen molar-refractivity contribution in [2.75, 3.05) is 0 Å². The largest absolute Gasteiger partial charge is 0.324 e. The Bertz CT molecular complexity index is 354. The molecule has 0 spiro atoms. The van der Waals surface area contributed by atoms with Gasteiger partial charge < -0.3 is 5.73 Å². The van der Waals surface area contributed by atoms with E-state index < -0.39 is 23.5 Å². The first-order valence-corrected chi connectivity index (χ1v) is 5.81. The third kappa shape index (κ3) is 4.04. The molecular weight excluding hydrogens is 227 g/mol. The topological polar surface area (TPSA) is 26.0 Å². The van der Waals surface area contributed by atoms with Crippen LogP contribution in [0.25, 0.3) is 0 Å². The second kappa shape index (κ2) is 6.05. The van der Waals surface area contributed by atoms with Crippen molar-refractivity contribution in [2.24, 2.45) is 11.7 Å². The minimum atomic E-state index is -1.44. The molecular formula is C13H18F3N. The molecule has 0 aliphatic rings. The van der Waals surface area contributed by atoms with Gasteiger partial charge in [0.25, 0.3) is 0 Å². The fourth-order valence-electron chi connectivity index (χ4n) is 1.70. The van der Waals surface area contributed by atoms with Crippen molar-refractivity contribution in [3.8, 4) is 0 Å². The molecule has 0 aliphatic heterocycles. The Hall–Kier alpha value is -1.03. The zero-order valence-electron chi connectivity index (χ0n) is 10.1. The monoisotopic (exact) mass is 245 g/mol. The molecule has 0 bridgehead atoms. The Labute approximate surface area is 99.8 Å². The van der Waals surface area contributed by atoms with Crippen LogP contribution in [0.5, 0.6) is 0 Å². The van der Waals surface area contributed by atoms with Crippen LogP contribution < -0.4 is 5.73 Å². The SMILES string of the molecule is CC(C)CCCC(N)c1cc(F)c(F)c(F)c1. The maximum absolute atomic E-state index is 13.0. The van der Waals surface area contributed by atoms with Crippen molar-refractivity contribution in [2.45, 2.75) is 39.2 Å². The number of nitrogens with two attached hydrogens (primary N) is 1. The van der Waals surface area contributed by atoms with Gasteiger partial charge >= 0.3 is 0 Å². The first-order valence-electron chi connectivity index (χ1n) is 5.81. The zero-order chi connectivity index (χ0) is 13.0. The van der Waals surface area contributed by atoms with E-state index in [1.54, 1.807) is 0 Å². The molecule has 4 heteroatoms. The summed E-state index contributed by atoms with van der Waals surface area (Å²) in [5, 5.41) is 0. The third-order valence-corrected chi connectivity index (χ3v) is 2.73. The molecule has 1 rings (SSSR count). The summed E-state index contributed by atoms with van der Waals surface area (Å²) in [6.45, 7) is 4.20. The normalized spacial score (nSPS) is 13.1. The summed E-state index contributed by atoms with van der Waals surface area (Å²) in [7, 11) is 0. The number of hydrogen-bond acceptors (Lipinski definition) is 1. The van der Waals surface area contributed by atoms with Crippen LogP contribution in [-0.2, 0) is 0 Å². The molecule has 0 aliphatic carbocycles. The average molecular weight is 245 g/mol. The van der Waals surface area contributed by atoms with E-state index in [0.717, 1.165) is 25.0 Å². The molecule has 0 radical (unpaired) electrons. The predicted molar refractivity (Wildman–Crippen MR) is 61.9 cm³/mol. The van der Waals surface area contributed by atoms with Crippen molar-refractivity contribution < 1.29 is 13.2 Å². The van der Waals surface area contributed by atoms with Crippen LogP contribution in [0.4, 0.5) is 13.2 Å². The second-order valence-corrected chi connectivity index (χ2v) is 4.73. The van der Waals surface area contributed by atoms with Gasteiger partial charge in [-0.1, -0.05) is 26.7 Å². The lowest BCUT2D eigenvalue weighted by atomic mass is 9.98. The van der Waals surface area contributed by atoms with E-state index in [-0.39, 0.29) is 0 Å². The van der Waals surface area contributed by atoms with Gasteiger partial charge in [0.1, 0.15) is 0 Å². The van der Waals surface area contributed by atoms with E-state index in [1.165, 1.54) is 0 Å². The molecule has 1 nitrogen and oxygen atoms in total. The molecule has 17 heavy (non-hydrogen) atoms. The molecule has 0 amide bonds. The fourth-order valence-corrected chi connectivity index (χ4v) is 1.70. The van der Waals surface area contributed by atoms with E-state index in [0.29, 0.717) is 17.9 Å². The quantitative estimate of drug-likeness (QED) is 0.781. The van der Waals surface area contributed by atoms with Gasteiger partial charge in [-0.3, -0.25) is 0 Å². The number of benzene rings is 1. The van der Waals surface area contributed by atoms with Crippen LogP contribution in [0, 0.1) is 23.4 Å². The van der Waals surface area contributed by atoms with E-state index in [9.17, 15) is 13.2 Å². The summed E-state index contributed by atoms with van der Waals surface area (Å²) in [5.74, 6) is -3.23. The maximum Gasteiger partial charge on any atom is 0.194 e. The first-order chi connectivity index (χ1) is 7.91. The molecule has 0 aromatic heterocycles. The molecule has 0 heterocycles. The Morgan fingerprint density at radius 2 is 1.59 bits per heavy atom. The van der Waals surface area contributed by atoms with Crippen LogP contribution in [0.1, 0.15) is 44.7 Å². The molecule has 0 fully saturated rings. The molecule has 1 aromatic rings. The van der Waals surface area contributed by atoms with Gasteiger partial charge in [-0.15, -0.1) is 0 Å². The molecule has 0 saturated heterocycles. The lowest BCUT2D eigenvalue weighted by Crippen LogP contribution is -2.12. The first kappa shape index (κ1) is 14.0. The van der Waals surface area contributed by atoms with Crippen molar-refractivity contribution in [1.82, 2.24) is 0 Å². The highest BCUT2D eigenvalue weighted by Gasteiger charge is 2.14. The van der Waals surface area contributed by atoms with E-state index in [4.69, 9.17) is 5.73 Å². The van der Waals surface area contributed by atoms with Crippen LogP contribution in [0.2, 0.25) is 0 Å². The highest BCUT2D eigenvalue weighted by Crippen LogP contribution is 2.22. The van der Waals surface area contributed by atoms with Gasteiger partial charge in [0.2, 0.25) is 0 Å². The third-order valence-electron chi connectivity index (χ3n) is 2.73. The van der Waals surface area contributed by atoms with E-state index >= 15 is 0 Å². The maximum atomic E-state index is 13.0. The van der Waals surface area contributed by atoms with Crippen molar-refractivity contribution in [3.63, 3.8) is 0 Å². The highest BCUT2D eigenvalue weighted by molar-refractivity contribution is 5.22. The fraction of sp³-hybridized carbons (Fsp3) is 0.538. The van der Waals surface area contributed by atoms with Crippen molar-refractivity contribution in [3.05, 3.63) is 35.1 Å². The van der Waals surface area contributed by atoms with Gasteiger partial charge in [-0.2, -0.15) is 0 Å². The van der Waals surface area contributed by atoms with Crippen LogP contribution >= 0.6 is 0 Å². The molecule has 0 saturated carbocycles. The number of halogens is 3. The zero-order valence-corrected chi connectivity index (χ0v) is 10.1. The summed E-state index contributed by atoms with van der Waals surface area (Å²) >= 11 is 0. The van der Waals surface area contributed by atoms with Crippen molar-refractivity contribution in [1.29, 1.82) is 0 Å². The lowest BCUT2D eigenvalue weighted by molar-refractivity contribution is 0.440. The van der Waals surface area contributed by atoms with Gasteiger partial charge in [0, 0.05) is 6.04 Å². The Morgan fingerprint density at radius 3 is 2.06 bits per heavy atom. The Morgan fingerprint density at radius 1 is 1.06 bits per heavy atom. The summed E-state index contributed by atoms with van der Waals surface area (Å²) in [4.78, 5) is 0. The molecule has 2 N–H and O–H groups in total. The summed E-state index contributed by atoms with van der Waals surface area (Å²) in [6.07, 6.45) is 2.54. The molecule has 96 valence electrons. The molecule has 1 atom stereocenters. The highest BCUT2D eigenvalue weighted by atomic mass is 19.2. The van der Waals surface area contributed by atoms with Crippen LogP contribution in [0.15, 0.2) is 12.1 Å². The summed E-state index contributed by atoms with van der Waals surface area (Å²) < 4.78 is 38.7. The predicted octanol–water partition coefficient (Wildman–Crippen LogP) is 3.93. The van der Waals surface area contributed by atoms with Gasteiger partial charge in [-0.25, -0.2) is 13.2 Å². The number of hydrogen-bond donors (Lipinski definition) is 1. The van der Waals surface area contributed by atoms with Gasteiger partial charge in [0.05, 0.1) is 0 Å². The summed E-state index contributed by atoms with van der Waals surface area (Å²) in [5.41, 5.74) is 6.12. The second-order valence-electron chi connectivity index (χ2n) is 4.73. The number of rotatable bonds is 5. The van der Waals surface area contributed by atoms with E-state index in [1.807, 2.05) is 0 Å². The lowest BCUT2D eigenvalue weighted by Gasteiger charge is -2.13. The Kier molecular flexibility index (Phi) is 5.00. The van der Waals surface area contributed by atoms with Crippen LogP contribution in [0.3, 0.4) is 0 Å². The van der Waals surface area contributed by atoms with Crippen LogP contribution in [-0.4, -0.2) is 0 Å². The van der Waals surface area contributed by atoms with Gasteiger partial charge in [-0.05, 0) is 30.0 Å². The smallest absolute Gasteiger partial charge is 0.194 e. The van der Waals surface area contributed by atoms with E-state index in [2.05, 4.69) is 13.8 Å². The molecule has 1 aromatic carbocycles. The minimum Gasteiger partial charge on any atom is -0.324 e. The Balaban J connectivity index is 2.66. The minimum absolute atomic E-state index is 0.310. The molecule has 1 unspecified atom stereocenters.